The molecular weight excluding hydrogens is 420 g/mol. The number of aryl methyl sites for hydroxylation is 1. The number of nitrogens with zero attached hydrogens (tertiary/aromatic N) is 5. The van der Waals surface area contributed by atoms with Crippen LogP contribution in [-0.2, 0) is 0 Å². The number of hydrogen-bond donors (Lipinski definition) is 1. The van der Waals surface area contributed by atoms with Crippen molar-refractivity contribution >= 4 is 45.4 Å². The number of nitrogens with one attached hydrogen (secondary N) is 1. The molecule has 1 aliphatic rings. The number of likely N-dealkylation sites (tertiary alicyclic amines) is 1. The summed E-state index contributed by atoms with van der Waals surface area (Å²) >= 11 is 7.59. The van der Waals surface area contributed by atoms with Crippen LogP contribution < -0.4 is 5.32 Å². The zero-order chi connectivity index (χ0) is 20.7. The summed E-state index contributed by atoms with van der Waals surface area (Å²) in [5.41, 5.74) is 2.95. The molecule has 30 heavy (non-hydrogen) atoms. The summed E-state index contributed by atoms with van der Waals surface area (Å²) in [6.45, 7) is 2.64. The number of rotatable bonds is 4. The molecule has 0 aromatic carbocycles. The van der Waals surface area contributed by atoms with Gasteiger partial charge in [0.15, 0.2) is 5.13 Å². The molecule has 0 aliphatic carbocycles. The largest absolute Gasteiger partial charge is 0.329 e. The summed E-state index contributed by atoms with van der Waals surface area (Å²) in [4.78, 5) is 28.8. The van der Waals surface area contributed by atoms with Crippen LogP contribution in [0.3, 0.4) is 0 Å². The predicted molar refractivity (Wildman–Crippen MR) is 118 cm³/mol. The maximum atomic E-state index is 13.2. The fourth-order valence-electron chi connectivity index (χ4n) is 3.76. The summed E-state index contributed by atoms with van der Waals surface area (Å²) in [5.74, 6) is 0.636. The lowest BCUT2D eigenvalue weighted by molar-refractivity contribution is 0.0727. The summed E-state index contributed by atoms with van der Waals surface area (Å²) in [7, 11) is 0. The smallest absolute Gasteiger partial charge is 0.274 e. The molecule has 4 aromatic rings. The van der Waals surface area contributed by atoms with Crippen LogP contribution in [0.2, 0.25) is 5.02 Å². The average molecular weight is 439 g/mol. The first kappa shape index (κ1) is 19.0. The van der Waals surface area contributed by atoms with Crippen LogP contribution in [0.25, 0.3) is 5.65 Å². The van der Waals surface area contributed by atoms with Gasteiger partial charge in [0.1, 0.15) is 17.2 Å². The van der Waals surface area contributed by atoms with Gasteiger partial charge in [-0.1, -0.05) is 17.7 Å². The Hall–Kier alpha value is -2.97. The van der Waals surface area contributed by atoms with Gasteiger partial charge < -0.3 is 14.6 Å². The molecule has 5 heterocycles. The number of aromatic nitrogens is 4. The van der Waals surface area contributed by atoms with Crippen molar-refractivity contribution in [1.29, 1.82) is 0 Å². The zero-order valence-corrected chi connectivity index (χ0v) is 17.8. The summed E-state index contributed by atoms with van der Waals surface area (Å²) < 4.78 is 1.78. The molecule has 1 atom stereocenters. The number of hydrogen-bond acceptors (Lipinski definition) is 6. The Morgan fingerprint density at radius 3 is 2.93 bits per heavy atom. The van der Waals surface area contributed by atoms with Gasteiger partial charge in [-0.25, -0.2) is 15.0 Å². The molecule has 152 valence electrons. The van der Waals surface area contributed by atoms with E-state index >= 15 is 0 Å². The van der Waals surface area contributed by atoms with Gasteiger partial charge in [-0.05, 0) is 44.0 Å². The molecule has 7 nitrogen and oxygen atoms in total. The lowest BCUT2D eigenvalue weighted by Crippen LogP contribution is -2.31. The van der Waals surface area contributed by atoms with E-state index in [9.17, 15) is 4.79 Å². The first-order chi connectivity index (χ1) is 14.6. The molecule has 0 spiro atoms. The van der Waals surface area contributed by atoms with E-state index in [1.165, 1.54) is 0 Å². The van der Waals surface area contributed by atoms with Gasteiger partial charge in [-0.2, -0.15) is 0 Å². The summed E-state index contributed by atoms with van der Waals surface area (Å²) in [5, 5.41) is 6.65. The number of carbonyl (C=O) groups is 1. The highest BCUT2D eigenvalue weighted by Gasteiger charge is 2.32. The van der Waals surface area contributed by atoms with Gasteiger partial charge in [0.25, 0.3) is 5.91 Å². The Morgan fingerprint density at radius 1 is 1.20 bits per heavy atom. The van der Waals surface area contributed by atoms with E-state index < -0.39 is 0 Å². The highest BCUT2D eigenvalue weighted by atomic mass is 35.5. The van der Waals surface area contributed by atoms with Gasteiger partial charge >= 0.3 is 0 Å². The molecule has 1 N–H and O–H groups in total. The van der Waals surface area contributed by atoms with Crippen LogP contribution in [0, 0.1) is 6.92 Å². The molecule has 9 heteroatoms. The van der Waals surface area contributed by atoms with Crippen molar-refractivity contribution < 1.29 is 4.79 Å². The zero-order valence-electron chi connectivity index (χ0n) is 16.2. The number of carbonyl (C=O) groups excluding carboxylic acids is 1. The standard InChI is InChI=1S/C21H19ClN6OS/c1-13-12-30-21(23-13)26-18-6-2-4-15(24-18)17-5-3-9-28(17)20(29)16-11-27-10-14(22)7-8-19(27)25-16/h2,4,6-8,10-12,17H,3,5,9H2,1H3,(H,23,24,26)/t17-/m1/s1. The van der Waals surface area contributed by atoms with Crippen LogP contribution in [0.5, 0.6) is 0 Å². The lowest BCUT2D eigenvalue weighted by Gasteiger charge is -2.23. The molecule has 1 aliphatic heterocycles. The van der Waals surface area contributed by atoms with E-state index in [4.69, 9.17) is 16.6 Å². The number of pyridine rings is 2. The summed E-state index contributed by atoms with van der Waals surface area (Å²) in [6.07, 6.45) is 5.28. The molecular formula is C21H19ClN6OS. The normalized spacial score (nSPS) is 16.3. The van der Waals surface area contributed by atoms with Crippen molar-refractivity contribution in [2.45, 2.75) is 25.8 Å². The van der Waals surface area contributed by atoms with Crippen molar-refractivity contribution in [3.8, 4) is 0 Å². The SMILES string of the molecule is Cc1csc(Nc2cccc([C@H]3CCCN3C(=O)c3cn4cc(Cl)ccc4n3)n2)n1. The fourth-order valence-corrected chi connectivity index (χ4v) is 4.62. The van der Waals surface area contributed by atoms with Crippen LogP contribution in [0.1, 0.15) is 40.8 Å². The molecule has 1 saturated heterocycles. The monoisotopic (exact) mass is 438 g/mol. The molecule has 0 bridgehead atoms. The second-order valence-electron chi connectivity index (χ2n) is 7.26. The van der Waals surface area contributed by atoms with Gasteiger partial charge in [-0.15, -0.1) is 11.3 Å². The minimum Gasteiger partial charge on any atom is -0.329 e. The van der Waals surface area contributed by atoms with E-state index in [1.807, 2.05) is 35.4 Å². The van der Waals surface area contributed by atoms with Crippen molar-refractivity contribution in [1.82, 2.24) is 24.3 Å². The van der Waals surface area contributed by atoms with Crippen LogP contribution in [-0.4, -0.2) is 36.7 Å². The Labute approximate surface area is 182 Å². The first-order valence-electron chi connectivity index (χ1n) is 9.68. The fraction of sp³-hybridized carbons (Fsp3) is 0.238. The number of halogens is 1. The maximum Gasteiger partial charge on any atom is 0.274 e. The van der Waals surface area contributed by atoms with Crippen molar-refractivity contribution in [2.75, 3.05) is 11.9 Å². The molecule has 1 fully saturated rings. The minimum atomic E-state index is -0.0898. The van der Waals surface area contributed by atoms with E-state index in [0.29, 0.717) is 22.9 Å². The third-order valence-electron chi connectivity index (χ3n) is 5.11. The van der Waals surface area contributed by atoms with E-state index in [1.54, 1.807) is 40.3 Å². The van der Waals surface area contributed by atoms with Gasteiger partial charge in [-0.3, -0.25) is 4.79 Å². The minimum absolute atomic E-state index is 0.0781. The number of anilines is 2. The lowest BCUT2D eigenvalue weighted by atomic mass is 10.1. The molecule has 1 amide bonds. The van der Waals surface area contributed by atoms with Crippen molar-refractivity contribution in [3.63, 3.8) is 0 Å². The number of thiazole rings is 1. The third-order valence-corrected chi connectivity index (χ3v) is 6.21. The number of fused-ring (bicyclic) bond motifs is 1. The first-order valence-corrected chi connectivity index (χ1v) is 10.9. The molecule has 0 unspecified atom stereocenters. The van der Waals surface area contributed by atoms with Crippen molar-refractivity contribution in [3.05, 3.63) is 70.2 Å². The van der Waals surface area contributed by atoms with Gasteiger partial charge in [0.2, 0.25) is 0 Å². The Morgan fingerprint density at radius 2 is 2.10 bits per heavy atom. The highest BCUT2D eigenvalue weighted by molar-refractivity contribution is 7.13. The molecule has 0 radical (unpaired) electrons. The second-order valence-corrected chi connectivity index (χ2v) is 8.56. The average Bonchev–Trinajstić information content (AvgIpc) is 3.47. The Bertz CT molecular complexity index is 1240. The van der Waals surface area contributed by atoms with E-state index in [2.05, 4.69) is 15.3 Å². The predicted octanol–water partition coefficient (Wildman–Crippen LogP) is 4.87. The highest BCUT2D eigenvalue weighted by Crippen LogP contribution is 2.33. The molecule has 4 aromatic heterocycles. The van der Waals surface area contributed by atoms with Crippen LogP contribution in [0.4, 0.5) is 10.9 Å². The number of amides is 1. The maximum absolute atomic E-state index is 13.2. The quantitative estimate of drug-likeness (QED) is 0.492. The molecule has 5 rings (SSSR count). The summed E-state index contributed by atoms with van der Waals surface area (Å²) in [6, 6.07) is 9.33. The number of imidazole rings is 1. The third kappa shape index (κ3) is 3.64. The van der Waals surface area contributed by atoms with E-state index in [-0.39, 0.29) is 11.9 Å². The molecule has 0 saturated carbocycles. The van der Waals surface area contributed by atoms with Crippen LogP contribution in [0.15, 0.2) is 48.1 Å². The Balaban J connectivity index is 1.40. The second kappa shape index (κ2) is 7.70. The van der Waals surface area contributed by atoms with Gasteiger partial charge in [0, 0.05) is 24.3 Å². The topological polar surface area (TPSA) is 75.4 Å². The van der Waals surface area contributed by atoms with Crippen LogP contribution >= 0.6 is 22.9 Å². The van der Waals surface area contributed by atoms with Crippen molar-refractivity contribution in [2.24, 2.45) is 0 Å². The Kier molecular flexibility index (Phi) is 4.88. The van der Waals surface area contributed by atoms with Gasteiger partial charge in [0.05, 0.1) is 22.5 Å². The van der Waals surface area contributed by atoms with E-state index in [0.717, 1.165) is 35.2 Å².